The van der Waals surface area contributed by atoms with Crippen LogP contribution in [-0.2, 0) is 11.2 Å². The Labute approximate surface area is 209 Å². The summed E-state index contributed by atoms with van der Waals surface area (Å²) in [6.07, 6.45) is 0.386. The Bertz CT molecular complexity index is 1390. The standard InChI is InChI=1S/C29H29F2N3O2/c1-17-8-4-5-9-23(17)20-12-13-25-21(15-20)16-22(27(32)34-25)14-18(2)28(35)33-19(3)24-10-6-7-11-26(24)36-29(30)31/h4-13,15-16,18-19,29H,14H2,1-3H3,(H2,32,34)(H,33,35)/t18?,19-/m1/s1. The van der Waals surface area contributed by atoms with Crippen molar-refractivity contribution in [3.8, 4) is 16.9 Å². The van der Waals surface area contributed by atoms with E-state index < -0.39 is 18.6 Å². The second-order valence-corrected chi connectivity index (χ2v) is 9.01. The number of anilines is 1. The van der Waals surface area contributed by atoms with Crippen molar-refractivity contribution in [3.63, 3.8) is 0 Å². The topological polar surface area (TPSA) is 77.2 Å². The number of pyridine rings is 1. The number of aryl methyl sites for hydroxylation is 1. The molecule has 0 aliphatic rings. The summed E-state index contributed by atoms with van der Waals surface area (Å²) in [6.45, 7) is 2.67. The molecule has 7 heteroatoms. The molecule has 3 aromatic carbocycles. The Morgan fingerprint density at radius 1 is 1.03 bits per heavy atom. The van der Waals surface area contributed by atoms with Crippen LogP contribution in [0.4, 0.5) is 14.6 Å². The smallest absolute Gasteiger partial charge is 0.387 e. The number of nitrogens with one attached hydrogen (secondary N) is 1. The van der Waals surface area contributed by atoms with Crippen molar-refractivity contribution in [2.75, 3.05) is 5.73 Å². The number of carbonyl (C=O) groups is 1. The molecular formula is C29H29F2N3O2. The minimum Gasteiger partial charge on any atom is -0.434 e. The van der Waals surface area contributed by atoms with Crippen LogP contribution < -0.4 is 15.8 Å². The number of hydrogen-bond donors (Lipinski definition) is 2. The maximum atomic E-state index is 13.0. The van der Waals surface area contributed by atoms with E-state index in [1.165, 1.54) is 11.6 Å². The lowest BCUT2D eigenvalue weighted by molar-refractivity contribution is -0.125. The zero-order valence-corrected chi connectivity index (χ0v) is 20.5. The number of nitrogen functional groups attached to an aromatic ring is 1. The fourth-order valence-corrected chi connectivity index (χ4v) is 4.36. The summed E-state index contributed by atoms with van der Waals surface area (Å²) in [6, 6.07) is 22.2. The minimum absolute atomic E-state index is 0.0420. The highest BCUT2D eigenvalue weighted by Crippen LogP contribution is 2.29. The molecule has 0 radical (unpaired) electrons. The fraction of sp³-hybridized carbons (Fsp3) is 0.241. The number of ether oxygens (including phenoxy) is 1. The molecule has 4 rings (SSSR count). The predicted molar refractivity (Wildman–Crippen MR) is 139 cm³/mol. The van der Waals surface area contributed by atoms with Gasteiger partial charge in [-0.2, -0.15) is 8.78 Å². The van der Waals surface area contributed by atoms with E-state index in [2.05, 4.69) is 40.2 Å². The molecular weight excluding hydrogens is 460 g/mol. The Kier molecular flexibility index (Phi) is 7.48. The Morgan fingerprint density at radius 3 is 2.50 bits per heavy atom. The van der Waals surface area contributed by atoms with Crippen LogP contribution in [0, 0.1) is 12.8 Å². The molecule has 0 aliphatic carbocycles. The van der Waals surface area contributed by atoms with Gasteiger partial charge in [-0.15, -0.1) is 0 Å². The van der Waals surface area contributed by atoms with E-state index in [4.69, 9.17) is 5.73 Å². The highest BCUT2D eigenvalue weighted by molar-refractivity contribution is 5.87. The number of halogens is 2. The van der Waals surface area contributed by atoms with Gasteiger partial charge in [0.1, 0.15) is 11.6 Å². The summed E-state index contributed by atoms with van der Waals surface area (Å²) in [5.74, 6) is -0.214. The summed E-state index contributed by atoms with van der Waals surface area (Å²) in [5, 5.41) is 3.84. The Hall–Kier alpha value is -4.00. The number of rotatable bonds is 8. The molecule has 186 valence electrons. The number of benzene rings is 3. The first-order chi connectivity index (χ1) is 17.2. The van der Waals surface area contributed by atoms with Gasteiger partial charge in [0, 0.05) is 16.9 Å². The number of fused-ring (bicyclic) bond motifs is 1. The molecule has 1 amide bonds. The van der Waals surface area contributed by atoms with Crippen LogP contribution in [-0.4, -0.2) is 17.5 Å². The molecule has 0 saturated heterocycles. The third kappa shape index (κ3) is 5.62. The zero-order chi connectivity index (χ0) is 25.8. The molecule has 0 fully saturated rings. The van der Waals surface area contributed by atoms with Crippen molar-refractivity contribution in [3.05, 3.63) is 89.5 Å². The Morgan fingerprint density at radius 2 is 1.75 bits per heavy atom. The molecule has 1 heterocycles. The van der Waals surface area contributed by atoms with Gasteiger partial charge in [-0.1, -0.05) is 55.5 Å². The van der Waals surface area contributed by atoms with Gasteiger partial charge >= 0.3 is 6.61 Å². The summed E-state index contributed by atoms with van der Waals surface area (Å²) in [7, 11) is 0. The van der Waals surface area contributed by atoms with Crippen molar-refractivity contribution in [2.24, 2.45) is 5.92 Å². The average molecular weight is 490 g/mol. The highest BCUT2D eigenvalue weighted by Gasteiger charge is 2.21. The number of alkyl halides is 2. The van der Waals surface area contributed by atoms with Crippen LogP contribution in [0.2, 0.25) is 0 Å². The lowest BCUT2D eigenvalue weighted by Crippen LogP contribution is -2.33. The van der Waals surface area contributed by atoms with E-state index in [0.29, 0.717) is 17.8 Å². The quantitative estimate of drug-likeness (QED) is 0.298. The third-order valence-corrected chi connectivity index (χ3v) is 6.32. The molecule has 0 bridgehead atoms. The normalized spacial score (nSPS) is 12.9. The van der Waals surface area contributed by atoms with Crippen molar-refractivity contribution < 1.29 is 18.3 Å². The number of hydrogen-bond acceptors (Lipinski definition) is 4. The number of carbonyl (C=O) groups excluding carboxylic acids is 1. The number of para-hydroxylation sites is 1. The van der Waals surface area contributed by atoms with Crippen LogP contribution in [0.3, 0.4) is 0 Å². The first-order valence-electron chi connectivity index (χ1n) is 11.8. The molecule has 1 aromatic heterocycles. The monoisotopic (exact) mass is 489 g/mol. The number of amides is 1. The van der Waals surface area contributed by atoms with E-state index >= 15 is 0 Å². The van der Waals surface area contributed by atoms with E-state index in [-0.39, 0.29) is 11.7 Å². The molecule has 3 N–H and O–H groups in total. The van der Waals surface area contributed by atoms with Gasteiger partial charge in [-0.25, -0.2) is 4.98 Å². The van der Waals surface area contributed by atoms with Gasteiger partial charge in [0.2, 0.25) is 5.91 Å². The van der Waals surface area contributed by atoms with Crippen molar-refractivity contribution in [2.45, 2.75) is 39.8 Å². The second-order valence-electron chi connectivity index (χ2n) is 9.01. The van der Waals surface area contributed by atoms with Crippen LogP contribution in [0.5, 0.6) is 5.75 Å². The predicted octanol–water partition coefficient (Wildman–Crippen LogP) is 6.45. The van der Waals surface area contributed by atoms with Crippen LogP contribution in [0.25, 0.3) is 22.0 Å². The van der Waals surface area contributed by atoms with E-state index in [1.807, 2.05) is 30.3 Å². The number of aromatic nitrogens is 1. The molecule has 2 atom stereocenters. The maximum absolute atomic E-state index is 13.0. The lowest BCUT2D eigenvalue weighted by atomic mass is 9.96. The molecule has 36 heavy (non-hydrogen) atoms. The van der Waals surface area contributed by atoms with Crippen LogP contribution in [0.15, 0.2) is 72.8 Å². The van der Waals surface area contributed by atoms with Gasteiger partial charge in [0.15, 0.2) is 0 Å². The van der Waals surface area contributed by atoms with Crippen molar-refractivity contribution >= 4 is 22.6 Å². The van der Waals surface area contributed by atoms with Gasteiger partial charge < -0.3 is 15.8 Å². The second kappa shape index (κ2) is 10.7. The SMILES string of the molecule is Cc1ccccc1-c1ccc2nc(N)c(CC(C)C(=O)N[C@H](C)c3ccccc3OC(F)F)cc2c1. The lowest BCUT2D eigenvalue weighted by Gasteiger charge is -2.20. The molecule has 4 aromatic rings. The largest absolute Gasteiger partial charge is 0.434 e. The first kappa shape index (κ1) is 25.1. The zero-order valence-electron chi connectivity index (χ0n) is 20.5. The summed E-state index contributed by atoms with van der Waals surface area (Å²) >= 11 is 0. The highest BCUT2D eigenvalue weighted by atomic mass is 19.3. The van der Waals surface area contributed by atoms with Crippen LogP contribution in [0.1, 0.15) is 36.6 Å². The summed E-state index contributed by atoms with van der Waals surface area (Å²) in [5.41, 5.74) is 11.7. The molecule has 0 spiro atoms. The fourth-order valence-electron chi connectivity index (χ4n) is 4.36. The average Bonchev–Trinajstić information content (AvgIpc) is 2.84. The maximum Gasteiger partial charge on any atom is 0.387 e. The van der Waals surface area contributed by atoms with Gasteiger partial charge in [-0.05, 0) is 66.8 Å². The molecule has 0 saturated carbocycles. The number of nitrogens with zero attached hydrogens (tertiary/aromatic N) is 1. The van der Waals surface area contributed by atoms with Crippen LogP contribution >= 0.6 is 0 Å². The minimum atomic E-state index is -2.94. The molecule has 5 nitrogen and oxygen atoms in total. The van der Waals surface area contributed by atoms with Gasteiger partial charge in [-0.3, -0.25) is 4.79 Å². The molecule has 0 aliphatic heterocycles. The van der Waals surface area contributed by atoms with Crippen molar-refractivity contribution in [1.82, 2.24) is 10.3 Å². The van der Waals surface area contributed by atoms with E-state index in [0.717, 1.165) is 27.6 Å². The molecule has 1 unspecified atom stereocenters. The third-order valence-electron chi connectivity index (χ3n) is 6.32. The van der Waals surface area contributed by atoms with Gasteiger partial charge in [0.05, 0.1) is 11.6 Å². The summed E-state index contributed by atoms with van der Waals surface area (Å²) < 4.78 is 30.1. The Balaban J connectivity index is 1.52. The van der Waals surface area contributed by atoms with Gasteiger partial charge in [0.25, 0.3) is 0 Å². The van der Waals surface area contributed by atoms with E-state index in [9.17, 15) is 13.6 Å². The summed E-state index contributed by atoms with van der Waals surface area (Å²) in [4.78, 5) is 17.5. The van der Waals surface area contributed by atoms with E-state index in [1.54, 1.807) is 32.0 Å². The first-order valence-corrected chi connectivity index (χ1v) is 11.8. The van der Waals surface area contributed by atoms with Crippen molar-refractivity contribution in [1.29, 1.82) is 0 Å². The number of nitrogens with two attached hydrogens (primary N) is 1.